The van der Waals surface area contributed by atoms with Crippen LogP contribution in [0.25, 0.3) is 54.7 Å². The van der Waals surface area contributed by atoms with Crippen molar-refractivity contribution in [3.8, 4) is 22.5 Å². The van der Waals surface area contributed by atoms with Gasteiger partial charge in [0.2, 0.25) is 0 Å². The van der Waals surface area contributed by atoms with Crippen LogP contribution in [0.1, 0.15) is 43.8 Å². The summed E-state index contributed by atoms with van der Waals surface area (Å²) < 4.78 is 48.7. The molecule has 4 aromatic heterocycles. The minimum absolute atomic E-state index is 0. The van der Waals surface area contributed by atoms with Crippen molar-refractivity contribution in [3.63, 3.8) is 0 Å². The third-order valence-corrected chi connectivity index (χ3v) is 7.38. The topological polar surface area (TPSA) is 51.8 Å². The molecule has 0 fully saturated rings. The molecule has 3 aromatic carbocycles. The van der Waals surface area contributed by atoms with Gasteiger partial charge in [0.25, 0.3) is 0 Å². The zero-order valence-corrected chi connectivity index (χ0v) is 26.8. The van der Waals surface area contributed by atoms with E-state index in [9.17, 15) is 0 Å². The van der Waals surface area contributed by atoms with E-state index in [1.807, 2.05) is 67.6 Å². The van der Waals surface area contributed by atoms with E-state index in [0.717, 1.165) is 42.8 Å². The van der Waals surface area contributed by atoms with E-state index in [0.29, 0.717) is 16.8 Å². The number of pyridine rings is 2. The molecule has 0 amide bonds. The van der Waals surface area contributed by atoms with Crippen LogP contribution in [0.5, 0.6) is 0 Å². The van der Waals surface area contributed by atoms with Crippen molar-refractivity contribution < 1.29 is 31.4 Å². The van der Waals surface area contributed by atoms with Gasteiger partial charge in [0.15, 0.2) is 0 Å². The van der Waals surface area contributed by atoms with Crippen molar-refractivity contribution in [2.45, 2.75) is 40.9 Å². The largest absolute Gasteiger partial charge is 0.501 e. The Labute approximate surface area is 271 Å². The second kappa shape index (κ2) is 12.3. The monoisotopic (exact) mass is 751 g/mol. The molecule has 1 radical (unpaired) electrons. The third kappa shape index (κ3) is 6.22. The van der Waals surface area contributed by atoms with Crippen molar-refractivity contribution in [3.05, 3.63) is 113 Å². The quantitative estimate of drug-likeness (QED) is 0.169. The molecule has 42 heavy (non-hydrogen) atoms. The van der Waals surface area contributed by atoms with Crippen molar-refractivity contribution >= 4 is 43.5 Å². The first-order valence-electron chi connectivity index (χ1n) is 15.8. The standard InChI is InChI=1S/C25H23N2OS.C11H8N.Ir/c1-14-13-26-20(11-16(14)12-25(3,4)5)17-7-6-8-18-22-21(28-23(17)18)10-9-19-24(22)29-15(2)27-19;1-2-6-10(7-3-1)11-8-4-5-9-12-11;/h6,8-11,13H,12H2,1-5H3;1-6,8-9H;/q2*-1;/i1D3,12D2;;. The maximum atomic E-state index is 8.79. The maximum Gasteiger partial charge on any atom is 0.122 e. The number of aromatic nitrogens is 3. The predicted molar refractivity (Wildman–Crippen MR) is 170 cm³/mol. The van der Waals surface area contributed by atoms with Crippen molar-refractivity contribution in [1.29, 1.82) is 0 Å². The number of benzene rings is 3. The fourth-order valence-electron chi connectivity index (χ4n) is 4.69. The summed E-state index contributed by atoms with van der Waals surface area (Å²) in [6.45, 7) is 4.74. The molecule has 4 heterocycles. The summed E-state index contributed by atoms with van der Waals surface area (Å²) in [6.07, 6.45) is 1.14. The first-order chi connectivity index (χ1) is 21.8. The molecule has 0 aliphatic rings. The molecule has 0 spiro atoms. The first kappa shape index (κ1) is 23.8. The molecule has 0 atom stereocenters. The van der Waals surface area contributed by atoms with Crippen LogP contribution < -0.4 is 0 Å². The molecular weight excluding hydrogens is 715 g/mol. The Morgan fingerprint density at radius 3 is 2.57 bits per heavy atom. The van der Waals surface area contributed by atoms with Crippen LogP contribution in [-0.2, 0) is 26.5 Å². The first-order valence-corrected chi connectivity index (χ1v) is 14.1. The number of hydrogen-bond acceptors (Lipinski definition) is 5. The second-order valence-electron chi connectivity index (χ2n) is 10.7. The Kier molecular flexibility index (Phi) is 6.96. The Bertz CT molecular complexity index is 2140. The summed E-state index contributed by atoms with van der Waals surface area (Å²) in [7, 11) is 0. The third-order valence-electron chi connectivity index (χ3n) is 6.38. The average Bonchev–Trinajstić information content (AvgIpc) is 3.60. The summed E-state index contributed by atoms with van der Waals surface area (Å²) in [5, 5.41) is 2.83. The van der Waals surface area contributed by atoms with Gasteiger partial charge in [0.05, 0.1) is 20.8 Å². The molecule has 213 valence electrons. The van der Waals surface area contributed by atoms with E-state index in [4.69, 9.17) is 11.3 Å². The van der Waals surface area contributed by atoms with Crippen molar-refractivity contribution in [1.82, 2.24) is 15.0 Å². The zero-order valence-electron chi connectivity index (χ0n) is 28.6. The summed E-state index contributed by atoms with van der Waals surface area (Å²) >= 11 is 1.61. The summed E-state index contributed by atoms with van der Waals surface area (Å²) in [4.78, 5) is 13.2. The van der Waals surface area contributed by atoms with Crippen LogP contribution in [0.3, 0.4) is 0 Å². The Morgan fingerprint density at radius 1 is 0.976 bits per heavy atom. The predicted octanol–water partition coefficient (Wildman–Crippen LogP) is 9.81. The molecule has 0 aliphatic heterocycles. The van der Waals surface area contributed by atoms with Crippen LogP contribution in [0.2, 0.25) is 0 Å². The van der Waals surface area contributed by atoms with Gasteiger partial charge < -0.3 is 14.4 Å². The van der Waals surface area contributed by atoms with Crippen LogP contribution in [0.4, 0.5) is 0 Å². The average molecular weight is 751 g/mol. The van der Waals surface area contributed by atoms with Gasteiger partial charge in [-0.1, -0.05) is 55.5 Å². The smallest absolute Gasteiger partial charge is 0.122 e. The van der Waals surface area contributed by atoms with Gasteiger partial charge in [-0.25, -0.2) is 4.98 Å². The van der Waals surface area contributed by atoms with Crippen LogP contribution >= 0.6 is 11.3 Å². The van der Waals surface area contributed by atoms with Gasteiger partial charge >= 0.3 is 0 Å². The number of hydrogen-bond donors (Lipinski definition) is 0. The number of aryl methyl sites for hydroxylation is 2. The van der Waals surface area contributed by atoms with E-state index in [1.54, 1.807) is 44.4 Å². The fourth-order valence-corrected chi connectivity index (χ4v) is 5.66. The molecule has 7 aromatic rings. The molecule has 6 heteroatoms. The Balaban J connectivity index is 0.000000280. The van der Waals surface area contributed by atoms with Gasteiger partial charge in [-0.05, 0) is 60.7 Å². The van der Waals surface area contributed by atoms with Gasteiger partial charge in [0, 0.05) is 44.7 Å². The zero-order chi connectivity index (χ0) is 32.9. The van der Waals surface area contributed by atoms with Gasteiger partial charge in [-0.3, -0.25) is 0 Å². The second-order valence-corrected chi connectivity index (χ2v) is 11.9. The molecule has 0 saturated heterocycles. The van der Waals surface area contributed by atoms with Gasteiger partial charge in [-0.15, -0.1) is 65.4 Å². The van der Waals surface area contributed by atoms with E-state index in [1.165, 1.54) is 12.3 Å². The fraction of sp³-hybridized carbons (Fsp3) is 0.194. The normalized spacial score (nSPS) is 13.8. The minimum atomic E-state index is -2.50. The number of rotatable bonds is 3. The number of nitrogens with zero attached hydrogens (tertiary/aromatic N) is 3. The molecule has 0 saturated carbocycles. The summed E-state index contributed by atoms with van der Waals surface area (Å²) in [6, 6.07) is 29.1. The molecule has 0 bridgehead atoms. The van der Waals surface area contributed by atoms with Crippen LogP contribution in [-0.4, -0.2) is 15.0 Å². The van der Waals surface area contributed by atoms with Crippen LogP contribution in [0, 0.1) is 31.3 Å². The molecule has 0 aliphatic carbocycles. The van der Waals surface area contributed by atoms with E-state index < -0.39 is 18.6 Å². The summed E-state index contributed by atoms with van der Waals surface area (Å²) in [5.74, 6) is 0. The van der Waals surface area contributed by atoms with Gasteiger partial charge in [-0.2, -0.15) is 0 Å². The number of fused-ring (bicyclic) bond motifs is 5. The minimum Gasteiger partial charge on any atom is -0.501 e. The molecule has 0 N–H and O–H groups in total. The number of furan rings is 1. The Morgan fingerprint density at radius 2 is 1.83 bits per heavy atom. The van der Waals surface area contributed by atoms with Crippen molar-refractivity contribution in [2.75, 3.05) is 0 Å². The SMILES string of the molecule is [2H]C([2H])([2H])c1cnc(-c2[c-]ccc3c2oc2ccc4nc(C)sc4c23)cc1C([2H])([2H])C(C)(C)C.[Ir].[c-]1ccccc1-c1ccccn1. The van der Waals surface area contributed by atoms with E-state index >= 15 is 0 Å². The van der Waals surface area contributed by atoms with Crippen molar-refractivity contribution in [2.24, 2.45) is 5.41 Å². The van der Waals surface area contributed by atoms with Crippen LogP contribution in [0.15, 0.2) is 89.6 Å². The molecular formula is C36H31IrN3OS-2. The van der Waals surface area contributed by atoms with E-state index in [2.05, 4.69) is 27.1 Å². The number of thiazole rings is 1. The molecule has 4 nitrogen and oxygen atoms in total. The van der Waals surface area contributed by atoms with E-state index in [-0.39, 0.29) is 31.2 Å². The molecule has 7 rings (SSSR count). The molecule has 0 unspecified atom stereocenters. The Hall–Kier alpha value is -3.70. The maximum absolute atomic E-state index is 8.79. The summed E-state index contributed by atoms with van der Waals surface area (Å²) in [5.41, 5.74) is 4.37. The van der Waals surface area contributed by atoms with Gasteiger partial charge in [0.1, 0.15) is 5.58 Å².